The molecule has 0 radical (unpaired) electrons. The van der Waals surface area contributed by atoms with E-state index in [1.54, 1.807) is 0 Å². The molecule has 1 aliphatic carbocycles. The largest absolute Gasteiger partial charge is 0.354 e. The van der Waals surface area contributed by atoms with Crippen molar-refractivity contribution in [2.45, 2.75) is 45.6 Å². The van der Waals surface area contributed by atoms with E-state index in [1.165, 1.54) is 36.8 Å². The number of benzene rings is 1. The summed E-state index contributed by atoms with van der Waals surface area (Å²) in [5.74, 6) is 1.04. The molecule has 1 N–H and O–H groups in total. The van der Waals surface area contributed by atoms with E-state index in [4.69, 9.17) is 0 Å². The van der Waals surface area contributed by atoms with Crippen molar-refractivity contribution in [3.05, 3.63) is 35.4 Å². The summed E-state index contributed by atoms with van der Waals surface area (Å²) in [6, 6.07) is 8.91. The van der Waals surface area contributed by atoms with Crippen LogP contribution in [0.1, 0.15) is 49.8 Å². The molecule has 1 saturated heterocycles. The minimum Gasteiger partial charge on any atom is -0.354 e. The van der Waals surface area contributed by atoms with Crippen molar-refractivity contribution in [1.29, 1.82) is 0 Å². The highest BCUT2D eigenvalue weighted by Gasteiger charge is 2.33. The van der Waals surface area contributed by atoms with Crippen molar-refractivity contribution >= 4 is 5.91 Å². The Bertz CT molecular complexity index is 518. The number of nitrogens with one attached hydrogen (secondary N) is 1. The van der Waals surface area contributed by atoms with Crippen LogP contribution in [-0.2, 0) is 4.79 Å². The summed E-state index contributed by atoms with van der Waals surface area (Å²) in [5, 5.41) is 3.23. The Kier molecular flexibility index (Phi) is 4.82. The van der Waals surface area contributed by atoms with E-state index < -0.39 is 0 Å². The van der Waals surface area contributed by atoms with E-state index in [2.05, 4.69) is 48.3 Å². The molecule has 0 aromatic heterocycles. The van der Waals surface area contributed by atoms with Gasteiger partial charge in [-0.05, 0) is 62.7 Å². The summed E-state index contributed by atoms with van der Waals surface area (Å²) >= 11 is 0. The van der Waals surface area contributed by atoms with E-state index in [0.717, 1.165) is 19.6 Å². The van der Waals surface area contributed by atoms with Gasteiger partial charge in [0.1, 0.15) is 0 Å². The van der Waals surface area contributed by atoms with Crippen LogP contribution >= 0.6 is 0 Å². The molecule has 1 aliphatic heterocycles. The zero-order valence-electron chi connectivity index (χ0n) is 13.8. The molecule has 1 aromatic rings. The van der Waals surface area contributed by atoms with Gasteiger partial charge in [0.05, 0.1) is 6.04 Å². The number of rotatable bonds is 6. The predicted octanol–water partition coefficient (Wildman–Crippen LogP) is 3.29. The van der Waals surface area contributed by atoms with Gasteiger partial charge in [-0.1, -0.05) is 31.2 Å². The molecule has 1 aromatic carbocycles. The molecule has 0 bridgehead atoms. The first kappa shape index (κ1) is 15.5. The van der Waals surface area contributed by atoms with Crippen LogP contribution in [0.15, 0.2) is 24.3 Å². The first-order valence-corrected chi connectivity index (χ1v) is 8.74. The maximum absolute atomic E-state index is 12.3. The molecule has 1 heterocycles. The fraction of sp³-hybridized carbons (Fsp3) is 0.632. The minimum absolute atomic E-state index is 0.177. The molecule has 1 saturated carbocycles. The number of hydrogen-bond donors (Lipinski definition) is 1. The topological polar surface area (TPSA) is 32.3 Å². The Morgan fingerprint density at radius 3 is 2.59 bits per heavy atom. The van der Waals surface area contributed by atoms with Crippen molar-refractivity contribution < 1.29 is 4.79 Å². The zero-order valence-corrected chi connectivity index (χ0v) is 13.8. The SMILES string of the molecule is Cc1ccccc1C(CNC(=O)C(C)C1CC1)N1CCCC1. The average Bonchev–Trinajstić information content (AvgIpc) is 3.24. The van der Waals surface area contributed by atoms with Gasteiger partial charge in [-0.2, -0.15) is 0 Å². The highest BCUT2D eigenvalue weighted by molar-refractivity contribution is 5.78. The van der Waals surface area contributed by atoms with E-state index in [1.807, 2.05) is 0 Å². The number of likely N-dealkylation sites (tertiary alicyclic amines) is 1. The first-order valence-electron chi connectivity index (χ1n) is 8.74. The number of hydrogen-bond acceptors (Lipinski definition) is 2. The Morgan fingerprint density at radius 2 is 1.95 bits per heavy atom. The summed E-state index contributed by atoms with van der Waals surface area (Å²) in [4.78, 5) is 14.9. The predicted molar refractivity (Wildman–Crippen MR) is 89.6 cm³/mol. The van der Waals surface area contributed by atoms with Crippen molar-refractivity contribution in [2.75, 3.05) is 19.6 Å². The van der Waals surface area contributed by atoms with Gasteiger partial charge in [0, 0.05) is 12.5 Å². The van der Waals surface area contributed by atoms with Crippen LogP contribution in [0.2, 0.25) is 0 Å². The molecule has 3 nitrogen and oxygen atoms in total. The molecular weight excluding hydrogens is 272 g/mol. The summed E-state index contributed by atoms with van der Waals surface area (Å²) in [7, 11) is 0. The zero-order chi connectivity index (χ0) is 15.5. The second-order valence-electron chi connectivity index (χ2n) is 6.99. The van der Waals surface area contributed by atoms with Gasteiger partial charge < -0.3 is 5.32 Å². The third-order valence-electron chi connectivity index (χ3n) is 5.34. The van der Waals surface area contributed by atoms with Crippen LogP contribution in [0.4, 0.5) is 0 Å². The maximum atomic E-state index is 12.3. The molecular formula is C19H28N2O. The lowest BCUT2D eigenvalue weighted by Crippen LogP contribution is -2.39. The van der Waals surface area contributed by atoms with Gasteiger partial charge in [-0.25, -0.2) is 0 Å². The Balaban J connectivity index is 1.68. The summed E-state index contributed by atoms with van der Waals surface area (Å²) < 4.78 is 0. The number of carbonyl (C=O) groups excluding carboxylic acids is 1. The van der Waals surface area contributed by atoms with Crippen LogP contribution in [-0.4, -0.2) is 30.4 Å². The maximum Gasteiger partial charge on any atom is 0.223 e. The van der Waals surface area contributed by atoms with Crippen LogP contribution in [0.3, 0.4) is 0 Å². The van der Waals surface area contributed by atoms with Gasteiger partial charge in [-0.3, -0.25) is 9.69 Å². The minimum atomic E-state index is 0.177. The van der Waals surface area contributed by atoms with Crippen molar-refractivity contribution in [2.24, 2.45) is 11.8 Å². The standard InChI is InChI=1S/C19H28N2O/c1-14-7-3-4-8-17(14)18(21-11-5-6-12-21)13-20-19(22)15(2)16-9-10-16/h3-4,7-8,15-16,18H,5-6,9-13H2,1-2H3,(H,20,22). The van der Waals surface area contributed by atoms with Gasteiger partial charge in [0.15, 0.2) is 0 Å². The van der Waals surface area contributed by atoms with Gasteiger partial charge in [0.2, 0.25) is 5.91 Å². The van der Waals surface area contributed by atoms with E-state index in [-0.39, 0.29) is 11.8 Å². The molecule has 3 rings (SSSR count). The Labute approximate surface area is 134 Å². The van der Waals surface area contributed by atoms with Crippen molar-refractivity contribution in [3.63, 3.8) is 0 Å². The molecule has 1 amide bonds. The lowest BCUT2D eigenvalue weighted by atomic mass is 9.99. The highest BCUT2D eigenvalue weighted by Crippen LogP contribution is 2.36. The van der Waals surface area contributed by atoms with Gasteiger partial charge >= 0.3 is 0 Å². The normalized spacial score (nSPS) is 21.5. The lowest BCUT2D eigenvalue weighted by molar-refractivity contribution is -0.125. The van der Waals surface area contributed by atoms with Crippen molar-refractivity contribution in [1.82, 2.24) is 10.2 Å². The van der Waals surface area contributed by atoms with Crippen LogP contribution in [0.5, 0.6) is 0 Å². The molecule has 3 heteroatoms. The second-order valence-corrected chi connectivity index (χ2v) is 6.99. The van der Waals surface area contributed by atoms with E-state index in [9.17, 15) is 4.79 Å². The van der Waals surface area contributed by atoms with Crippen molar-refractivity contribution in [3.8, 4) is 0 Å². The average molecular weight is 300 g/mol. The van der Waals surface area contributed by atoms with Crippen LogP contribution < -0.4 is 5.32 Å². The molecule has 2 atom stereocenters. The number of carbonyl (C=O) groups is 1. The monoisotopic (exact) mass is 300 g/mol. The number of nitrogens with zero attached hydrogens (tertiary/aromatic N) is 1. The van der Waals surface area contributed by atoms with Crippen LogP contribution in [0, 0.1) is 18.8 Å². The van der Waals surface area contributed by atoms with Crippen LogP contribution in [0.25, 0.3) is 0 Å². The smallest absolute Gasteiger partial charge is 0.223 e. The molecule has 22 heavy (non-hydrogen) atoms. The summed E-state index contributed by atoms with van der Waals surface area (Å²) in [6.45, 7) is 7.28. The summed E-state index contributed by atoms with van der Waals surface area (Å²) in [6.07, 6.45) is 4.99. The fourth-order valence-corrected chi connectivity index (χ4v) is 3.62. The third kappa shape index (κ3) is 3.52. The highest BCUT2D eigenvalue weighted by atomic mass is 16.1. The lowest BCUT2D eigenvalue weighted by Gasteiger charge is -2.30. The fourth-order valence-electron chi connectivity index (χ4n) is 3.62. The van der Waals surface area contributed by atoms with E-state index in [0.29, 0.717) is 12.0 Å². The Morgan fingerprint density at radius 1 is 1.27 bits per heavy atom. The Hall–Kier alpha value is -1.35. The quantitative estimate of drug-likeness (QED) is 0.874. The van der Waals surface area contributed by atoms with Gasteiger partial charge in [-0.15, -0.1) is 0 Å². The third-order valence-corrected chi connectivity index (χ3v) is 5.34. The van der Waals surface area contributed by atoms with Gasteiger partial charge in [0.25, 0.3) is 0 Å². The number of amides is 1. The second kappa shape index (κ2) is 6.82. The molecule has 2 unspecified atom stereocenters. The molecule has 0 spiro atoms. The summed E-state index contributed by atoms with van der Waals surface area (Å²) in [5.41, 5.74) is 2.69. The molecule has 2 fully saturated rings. The number of aryl methyl sites for hydroxylation is 1. The van der Waals surface area contributed by atoms with E-state index >= 15 is 0 Å². The molecule has 2 aliphatic rings. The first-order chi connectivity index (χ1) is 10.7. The molecule has 120 valence electrons.